The molecule has 10 heteroatoms. The summed E-state index contributed by atoms with van der Waals surface area (Å²) < 4.78 is 35.7. The van der Waals surface area contributed by atoms with E-state index in [1.807, 2.05) is 0 Å². The highest BCUT2D eigenvalue weighted by Gasteiger charge is 2.29. The minimum absolute atomic E-state index is 0.0233. The van der Waals surface area contributed by atoms with Crippen molar-refractivity contribution in [1.82, 2.24) is 20.9 Å². The first-order valence-corrected chi connectivity index (χ1v) is 5.77. The first kappa shape index (κ1) is 16.2. The molecule has 1 saturated heterocycles. The molecule has 1 rings (SSSR count). The van der Waals surface area contributed by atoms with Crippen LogP contribution in [-0.4, -0.2) is 68.1 Å². The number of hydrogen-bond donors (Lipinski definition) is 3. The number of alkyl halides is 3. The predicted molar refractivity (Wildman–Crippen MR) is 61.5 cm³/mol. The van der Waals surface area contributed by atoms with E-state index in [9.17, 15) is 27.6 Å². The minimum Gasteiger partial charge on any atom is -0.353 e. The maximum Gasteiger partial charge on any atom is 0.405 e. The Bertz CT molecular complexity index is 390. The highest BCUT2D eigenvalue weighted by Crippen LogP contribution is 2.11. The molecule has 1 unspecified atom stereocenters. The molecule has 0 bridgehead atoms. The highest BCUT2D eigenvalue weighted by molar-refractivity contribution is 5.89. The molecular weight excluding hydrogens is 281 g/mol. The van der Waals surface area contributed by atoms with E-state index in [1.54, 1.807) is 5.32 Å². The third kappa shape index (κ3) is 5.43. The molecule has 1 aliphatic rings. The molecule has 0 radical (unpaired) electrons. The molecule has 1 aliphatic heterocycles. The van der Waals surface area contributed by atoms with Gasteiger partial charge in [-0.25, -0.2) is 0 Å². The molecule has 0 saturated carbocycles. The van der Waals surface area contributed by atoms with E-state index in [2.05, 4.69) is 10.6 Å². The zero-order valence-corrected chi connectivity index (χ0v) is 10.7. The van der Waals surface area contributed by atoms with Crippen molar-refractivity contribution < 1.29 is 27.6 Å². The molecular formula is C10H15F3N4O3. The molecule has 0 aromatic rings. The van der Waals surface area contributed by atoms with Crippen molar-refractivity contribution in [3.8, 4) is 0 Å². The Kier molecular flexibility index (Phi) is 5.31. The van der Waals surface area contributed by atoms with E-state index >= 15 is 0 Å². The Morgan fingerprint density at radius 1 is 1.45 bits per heavy atom. The summed E-state index contributed by atoms with van der Waals surface area (Å²) in [5.74, 6) is -1.63. The van der Waals surface area contributed by atoms with Crippen LogP contribution in [0.15, 0.2) is 0 Å². The van der Waals surface area contributed by atoms with Gasteiger partial charge in [0.05, 0.1) is 13.1 Å². The number of amides is 3. The van der Waals surface area contributed by atoms with Gasteiger partial charge in [0.15, 0.2) is 0 Å². The number of carbonyl (C=O) groups is 3. The van der Waals surface area contributed by atoms with Crippen LogP contribution in [0.3, 0.4) is 0 Å². The van der Waals surface area contributed by atoms with Gasteiger partial charge in [-0.1, -0.05) is 0 Å². The fourth-order valence-electron chi connectivity index (χ4n) is 1.56. The first-order chi connectivity index (χ1) is 9.19. The Balaban J connectivity index is 2.37. The molecule has 1 heterocycles. The van der Waals surface area contributed by atoms with Crippen molar-refractivity contribution in [2.24, 2.45) is 0 Å². The van der Waals surface area contributed by atoms with Crippen LogP contribution in [0.2, 0.25) is 0 Å². The molecule has 1 fully saturated rings. The molecule has 1 atom stereocenters. The van der Waals surface area contributed by atoms with Crippen LogP contribution >= 0.6 is 0 Å². The van der Waals surface area contributed by atoms with E-state index in [1.165, 1.54) is 7.05 Å². The van der Waals surface area contributed by atoms with E-state index in [-0.39, 0.29) is 19.0 Å². The van der Waals surface area contributed by atoms with Crippen LogP contribution < -0.4 is 16.0 Å². The van der Waals surface area contributed by atoms with E-state index in [0.29, 0.717) is 0 Å². The maximum atomic E-state index is 11.9. The molecule has 7 nitrogen and oxygen atoms in total. The smallest absolute Gasteiger partial charge is 0.353 e. The maximum absolute atomic E-state index is 11.9. The van der Waals surface area contributed by atoms with Gasteiger partial charge in [0, 0.05) is 13.6 Å². The van der Waals surface area contributed by atoms with Crippen molar-refractivity contribution in [2.45, 2.75) is 12.2 Å². The minimum atomic E-state index is -4.49. The van der Waals surface area contributed by atoms with Crippen LogP contribution in [-0.2, 0) is 14.4 Å². The number of carbonyl (C=O) groups excluding carboxylic acids is 3. The second-order valence-corrected chi connectivity index (χ2v) is 4.32. The Morgan fingerprint density at radius 2 is 2.10 bits per heavy atom. The van der Waals surface area contributed by atoms with Crippen molar-refractivity contribution >= 4 is 17.7 Å². The Hall–Kier alpha value is -1.84. The van der Waals surface area contributed by atoms with Crippen LogP contribution in [0.5, 0.6) is 0 Å². The summed E-state index contributed by atoms with van der Waals surface area (Å²) in [6, 6.07) is -0.687. The van der Waals surface area contributed by atoms with Crippen molar-refractivity contribution in [3.05, 3.63) is 0 Å². The number of nitrogens with one attached hydrogen (secondary N) is 3. The lowest BCUT2D eigenvalue weighted by Gasteiger charge is -2.27. The van der Waals surface area contributed by atoms with Gasteiger partial charge in [-0.2, -0.15) is 13.2 Å². The zero-order chi connectivity index (χ0) is 15.3. The lowest BCUT2D eigenvalue weighted by atomic mass is 10.2. The van der Waals surface area contributed by atoms with Crippen LogP contribution in [0.1, 0.15) is 0 Å². The largest absolute Gasteiger partial charge is 0.405 e. The molecule has 0 aromatic heterocycles. The summed E-state index contributed by atoms with van der Waals surface area (Å²) in [6.45, 7) is -1.87. The third-order valence-corrected chi connectivity index (χ3v) is 2.55. The van der Waals surface area contributed by atoms with Gasteiger partial charge in [0.25, 0.3) is 0 Å². The van der Waals surface area contributed by atoms with Gasteiger partial charge in [-0.3, -0.25) is 19.7 Å². The second kappa shape index (κ2) is 6.55. The number of likely N-dealkylation sites (N-methyl/N-ethyl adjacent to an activating group) is 1. The van der Waals surface area contributed by atoms with Gasteiger partial charge in [0.2, 0.25) is 17.7 Å². The van der Waals surface area contributed by atoms with Gasteiger partial charge < -0.3 is 15.5 Å². The van der Waals surface area contributed by atoms with Gasteiger partial charge in [0.1, 0.15) is 12.6 Å². The standard InChI is InChI=1S/C10H15F3N4O3/c1-17(4-8(19)16-5-10(11,12)13)9(20)6-2-15-7(18)3-14-6/h6,14H,2-5H2,1H3,(H,15,18)(H,16,19). The Labute approximate surface area is 112 Å². The number of nitrogens with zero attached hydrogens (tertiary/aromatic N) is 1. The van der Waals surface area contributed by atoms with Crippen LogP contribution in [0.25, 0.3) is 0 Å². The van der Waals surface area contributed by atoms with Gasteiger partial charge >= 0.3 is 6.18 Å². The summed E-state index contributed by atoms with van der Waals surface area (Å²) >= 11 is 0. The summed E-state index contributed by atoms with van der Waals surface area (Å²) in [5, 5.41) is 6.80. The molecule has 114 valence electrons. The summed E-state index contributed by atoms with van der Waals surface area (Å²) in [4.78, 5) is 35.0. The topological polar surface area (TPSA) is 90.5 Å². The fourth-order valence-corrected chi connectivity index (χ4v) is 1.56. The highest BCUT2D eigenvalue weighted by atomic mass is 19.4. The SMILES string of the molecule is CN(CC(=O)NCC(F)(F)F)C(=O)C1CNC(=O)CN1. The lowest BCUT2D eigenvalue weighted by molar-refractivity contribution is -0.142. The van der Waals surface area contributed by atoms with E-state index in [4.69, 9.17) is 0 Å². The quantitative estimate of drug-likeness (QED) is 0.571. The molecule has 0 aromatic carbocycles. The van der Waals surface area contributed by atoms with Gasteiger partial charge in [-0.05, 0) is 0 Å². The fraction of sp³-hybridized carbons (Fsp3) is 0.700. The molecule has 0 aliphatic carbocycles. The zero-order valence-electron chi connectivity index (χ0n) is 10.7. The van der Waals surface area contributed by atoms with Crippen molar-refractivity contribution in [3.63, 3.8) is 0 Å². The Morgan fingerprint density at radius 3 is 2.60 bits per heavy atom. The normalized spacial score (nSPS) is 19.2. The third-order valence-electron chi connectivity index (χ3n) is 2.55. The van der Waals surface area contributed by atoms with Crippen molar-refractivity contribution in [2.75, 3.05) is 33.2 Å². The lowest BCUT2D eigenvalue weighted by Crippen LogP contribution is -2.58. The van der Waals surface area contributed by atoms with E-state index in [0.717, 1.165) is 4.90 Å². The van der Waals surface area contributed by atoms with E-state index < -0.39 is 37.1 Å². The summed E-state index contributed by atoms with van der Waals surface area (Å²) in [6.07, 6.45) is -4.49. The molecule has 0 spiro atoms. The summed E-state index contributed by atoms with van der Waals surface area (Å²) in [7, 11) is 1.30. The average molecular weight is 296 g/mol. The summed E-state index contributed by atoms with van der Waals surface area (Å²) in [5.41, 5.74) is 0. The van der Waals surface area contributed by atoms with Crippen LogP contribution in [0, 0.1) is 0 Å². The average Bonchev–Trinajstić information content (AvgIpc) is 2.35. The monoisotopic (exact) mass is 296 g/mol. The first-order valence-electron chi connectivity index (χ1n) is 5.77. The van der Waals surface area contributed by atoms with Gasteiger partial charge in [-0.15, -0.1) is 0 Å². The number of halogens is 3. The molecule has 20 heavy (non-hydrogen) atoms. The van der Waals surface area contributed by atoms with Crippen molar-refractivity contribution in [1.29, 1.82) is 0 Å². The molecule has 3 amide bonds. The molecule has 3 N–H and O–H groups in total. The predicted octanol–water partition coefficient (Wildman–Crippen LogP) is -1.79. The second-order valence-electron chi connectivity index (χ2n) is 4.32. The number of hydrogen-bond acceptors (Lipinski definition) is 4. The number of rotatable bonds is 4. The number of piperazine rings is 1. The van der Waals surface area contributed by atoms with Crippen LogP contribution in [0.4, 0.5) is 13.2 Å².